The van der Waals surface area contributed by atoms with Gasteiger partial charge in [0.1, 0.15) is 0 Å². The van der Waals surface area contributed by atoms with Crippen molar-refractivity contribution in [2.45, 2.75) is 63.1 Å². The lowest BCUT2D eigenvalue weighted by atomic mass is 9.78. The molecule has 3 fully saturated rings. The molecule has 2 aliphatic carbocycles. The summed E-state index contributed by atoms with van der Waals surface area (Å²) in [6.45, 7) is 2.56. The molecule has 3 rings (SSSR count). The molecule has 0 bridgehead atoms. The summed E-state index contributed by atoms with van der Waals surface area (Å²) in [5.41, 5.74) is 6.31. The predicted molar refractivity (Wildman–Crippen MR) is 73.4 cm³/mol. The van der Waals surface area contributed by atoms with Crippen molar-refractivity contribution < 1.29 is 4.74 Å². The molecule has 3 heteroatoms. The molecule has 5 atom stereocenters. The van der Waals surface area contributed by atoms with Gasteiger partial charge >= 0.3 is 0 Å². The van der Waals surface area contributed by atoms with E-state index in [1.165, 1.54) is 58.0 Å². The second kappa shape index (κ2) is 5.48. The molecule has 2 saturated carbocycles. The van der Waals surface area contributed by atoms with Crippen LogP contribution in [0.1, 0.15) is 44.9 Å². The van der Waals surface area contributed by atoms with Crippen molar-refractivity contribution in [3.05, 3.63) is 0 Å². The van der Waals surface area contributed by atoms with E-state index in [0.29, 0.717) is 12.1 Å². The van der Waals surface area contributed by atoms with E-state index in [2.05, 4.69) is 4.90 Å². The molecule has 1 aliphatic heterocycles. The van der Waals surface area contributed by atoms with E-state index >= 15 is 0 Å². The summed E-state index contributed by atoms with van der Waals surface area (Å²) in [7, 11) is 1.87. The van der Waals surface area contributed by atoms with Gasteiger partial charge < -0.3 is 10.5 Å². The molecule has 2 N–H and O–H groups in total. The number of hydrogen-bond donors (Lipinski definition) is 1. The molecule has 1 saturated heterocycles. The lowest BCUT2D eigenvalue weighted by Gasteiger charge is -2.35. The molecular weight excluding hydrogens is 224 g/mol. The van der Waals surface area contributed by atoms with Crippen molar-refractivity contribution >= 4 is 0 Å². The largest absolute Gasteiger partial charge is 0.381 e. The summed E-state index contributed by atoms with van der Waals surface area (Å²) in [6.07, 6.45) is 9.71. The van der Waals surface area contributed by atoms with Crippen LogP contribution >= 0.6 is 0 Å². The lowest BCUT2D eigenvalue weighted by Crippen LogP contribution is -2.41. The standard InChI is InChI=1S/C15H28N2O/c1-18-13-6-3-5-12(8-13)17-9-11-4-2-7-15(16)14(11)10-17/h11-15H,2-10,16H2,1H3. The molecule has 0 spiro atoms. The average molecular weight is 252 g/mol. The first-order chi connectivity index (χ1) is 8.78. The van der Waals surface area contributed by atoms with Gasteiger partial charge in [0, 0.05) is 32.3 Å². The Hall–Kier alpha value is -0.120. The number of nitrogens with zero attached hydrogens (tertiary/aromatic N) is 1. The number of methoxy groups -OCH3 is 1. The van der Waals surface area contributed by atoms with E-state index in [1.54, 1.807) is 0 Å². The molecule has 0 radical (unpaired) electrons. The monoisotopic (exact) mass is 252 g/mol. The maximum atomic E-state index is 6.31. The Bertz CT molecular complexity index is 284. The highest BCUT2D eigenvalue weighted by Crippen LogP contribution is 2.38. The van der Waals surface area contributed by atoms with Gasteiger partial charge in [-0.1, -0.05) is 6.42 Å². The fraction of sp³-hybridized carbons (Fsp3) is 1.00. The molecule has 3 aliphatic rings. The van der Waals surface area contributed by atoms with Crippen LogP contribution < -0.4 is 5.73 Å². The number of ether oxygens (including phenoxy) is 1. The summed E-state index contributed by atoms with van der Waals surface area (Å²) in [5.74, 6) is 1.67. The molecule has 104 valence electrons. The molecule has 0 amide bonds. The van der Waals surface area contributed by atoms with Gasteiger partial charge in [0.15, 0.2) is 0 Å². The van der Waals surface area contributed by atoms with Crippen molar-refractivity contribution in [2.75, 3.05) is 20.2 Å². The minimum atomic E-state index is 0.468. The highest BCUT2D eigenvalue weighted by molar-refractivity contribution is 4.96. The topological polar surface area (TPSA) is 38.5 Å². The minimum Gasteiger partial charge on any atom is -0.381 e. The van der Waals surface area contributed by atoms with Crippen LogP contribution in [0.3, 0.4) is 0 Å². The van der Waals surface area contributed by atoms with Gasteiger partial charge in [-0.3, -0.25) is 4.90 Å². The van der Waals surface area contributed by atoms with Gasteiger partial charge in [0.05, 0.1) is 6.10 Å². The van der Waals surface area contributed by atoms with E-state index in [-0.39, 0.29) is 0 Å². The summed E-state index contributed by atoms with van der Waals surface area (Å²) >= 11 is 0. The Morgan fingerprint density at radius 1 is 1.06 bits per heavy atom. The summed E-state index contributed by atoms with van der Waals surface area (Å²) in [6, 6.07) is 1.23. The fourth-order valence-corrected chi connectivity index (χ4v) is 4.52. The zero-order valence-corrected chi connectivity index (χ0v) is 11.7. The van der Waals surface area contributed by atoms with E-state index in [0.717, 1.165) is 17.9 Å². The number of fused-ring (bicyclic) bond motifs is 1. The van der Waals surface area contributed by atoms with E-state index in [9.17, 15) is 0 Å². The van der Waals surface area contributed by atoms with Gasteiger partial charge in [0.2, 0.25) is 0 Å². The smallest absolute Gasteiger partial charge is 0.0586 e. The normalized spacial score (nSPS) is 46.0. The van der Waals surface area contributed by atoms with Crippen LogP contribution in [-0.4, -0.2) is 43.3 Å². The SMILES string of the molecule is COC1CCCC(N2CC3CCCC(N)C3C2)C1. The Labute approximate surface area is 111 Å². The zero-order valence-electron chi connectivity index (χ0n) is 11.7. The minimum absolute atomic E-state index is 0.468. The van der Waals surface area contributed by atoms with Crippen molar-refractivity contribution in [2.24, 2.45) is 17.6 Å². The quantitative estimate of drug-likeness (QED) is 0.817. The summed E-state index contributed by atoms with van der Waals surface area (Å²) < 4.78 is 5.57. The second-order valence-corrected chi connectivity index (χ2v) is 6.65. The maximum Gasteiger partial charge on any atom is 0.0586 e. The Morgan fingerprint density at radius 3 is 2.67 bits per heavy atom. The lowest BCUT2D eigenvalue weighted by molar-refractivity contribution is 0.0326. The maximum absolute atomic E-state index is 6.31. The highest BCUT2D eigenvalue weighted by atomic mass is 16.5. The third-order valence-electron chi connectivity index (χ3n) is 5.63. The Morgan fingerprint density at radius 2 is 1.89 bits per heavy atom. The van der Waals surface area contributed by atoms with Gasteiger partial charge in [0.25, 0.3) is 0 Å². The number of likely N-dealkylation sites (tertiary alicyclic amines) is 1. The van der Waals surface area contributed by atoms with Gasteiger partial charge in [-0.25, -0.2) is 0 Å². The van der Waals surface area contributed by atoms with Crippen LogP contribution in [0.4, 0.5) is 0 Å². The van der Waals surface area contributed by atoms with Crippen LogP contribution in [-0.2, 0) is 4.74 Å². The van der Waals surface area contributed by atoms with Crippen molar-refractivity contribution in [1.82, 2.24) is 4.90 Å². The third-order valence-corrected chi connectivity index (χ3v) is 5.63. The molecule has 0 aromatic heterocycles. The van der Waals surface area contributed by atoms with Crippen LogP contribution in [0, 0.1) is 11.8 Å². The van der Waals surface area contributed by atoms with Crippen LogP contribution in [0.15, 0.2) is 0 Å². The number of hydrogen-bond acceptors (Lipinski definition) is 3. The highest BCUT2D eigenvalue weighted by Gasteiger charge is 2.41. The Kier molecular flexibility index (Phi) is 3.92. The average Bonchev–Trinajstić information content (AvgIpc) is 2.84. The van der Waals surface area contributed by atoms with Crippen LogP contribution in [0.5, 0.6) is 0 Å². The molecule has 18 heavy (non-hydrogen) atoms. The molecule has 0 aromatic carbocycles. The van der Waals surface area contributed by atoms with Crippen molar-refractivity contribution in [3.8, 4) is 0 Å². The third kappa shape index (κ3) is 2.45. The molecule has 0 aromatic rings. The van der Waals surface area contributed by atoms with E-state index in [1.807, 2.05) is 7.11 Å². The first kappa shape index (κ1) is 12.9. The molecule has 5 unspecified atom stereocenters. The van der Waals surface area contributed by atoms with E-state index in [4.69, 9.17) is 10.5 Å². The predicted octanol–water partition coefficient (Wildman–Crippen LogP) is 2.00. The zero-order chi connectivity index (χ0) is 12.5. The molecule has 1 heterocycles. The van der Waals surface area contributed by atoms with Gasteiger partial charge in [-0.05, 0) is 50.4 Å². The van der Waals surface area contributed by atoms with Crippen molar-refractivity contribution in [1.29, 1.82) is 0 Å². The Balaban J connectivity index is 1.60. The first-order valence-electron chi connectivity index (χ1n) is 7.80. The van der Waals surface area contributed by atoms with Crippen LogP contribution in [0.25, 0.3) is 0 Å². The first-order valence-corrected chi connectivity index (χ1v) is 7.80. The van der Waals surface area contributed by atoms with E-state index < -0.39 is 0 Å². The molecular formula is C15H28N2O. The number of nitrogens with two attached hydrogens (primary N) is 1. The second-order valence-electron chi connectivity index (χ2n) is 6.65. The summed E-state index contributed by atoms with van der Waals surface area (Å²) in [5, 5.41) is 0. The fourth-order valence-electron chi connectivity index (χ4n) is 4.52. The van der Waals surface area contributed by atoms with Gasteiger partial charge in [-0.15, -0.1) is 0 Å². The summed E-state index contributed by atoms with van der Waals surface area (Å²) in [4.78, 5) is 2.74. The molecule has 3 nitrogen and oxygen atoms in total. The van der Waals surface area contributed by atoms with Crippen LogP contribution in [0.2, 0.25) is 0 Å². The van der Waals surface area contributed by atoms with Gasteiger partial charge in [-0.2, -0.15) is 0 Å². The van der Waals surface area contributed by atoms with Crippen molar-refractivity contribution in [3.63, 3.8) is 0 Å². The number of rotatable bonds is 2.